The van der Waals surface area contributed by atoms with Gasteiger partial charge in [0.2, 0.25) is 0 Å². The van der Waals surface area contributed by atoms with E-state index >= 15 is 0 Å². The number of hydrazine groups is 1. The molecule has 0 aliphatic rings. The summed E-state index contributed by atoms with van der Waals surface area (Å²) < 4.78 is 13.6. The third-order valence-electron chi connectivity index (χ3n) is 3.10. The Morgan fingerprint density at radius 2 is 2.00 bits per heavy atom. The van der Waals surface area contributed by atoms with E-state index in [0.29, 0.717) is 11.6 Å². The molecule has 0 saturated carbocycles. The van der Waals surface area contributed by atoms with Crippen LogP contribution in [0.4, 0.5) is 10.1 Å². The first-order valence-electron chi connectivity index (χ1n) is 6.28. The maximum absolute atomic E-state index is 13.6. The summed E-state index contributed by atoms with van der Waals surface area (Å²) in [5.41, 5.74) is 3.19. The van der Waals surface area contributed by atoms with Crippen LogP contribution < -0.4 is 11.3 Å². The van der Waals surface area contributed by atoms with Gasteiger partial charge in [-0.1, -0.05) is 35.9 Å². The molecule has 0 unspecified atom stereocenters. The van der Waals surface area contributed by atoms with Gasteiger partial charge in [-0.15, -0.1) is 0 Å². The van der Waals surface area contributed by atoms with Crippen LogP contribution in [0.1, 0.15) is 15.9 Å². The summed E-state index contributed by atoms with van der Waals surface area (Å²) in [4.78, 5) is 13.9. The number of nitrogens with one attached hydrogen (secondary N) is 1. The monoisotopic (exact) mass is 307 g/mol. The topological polar surface area (TPSA) is 58.4 Å². The third-order valence-corrected chi connectivity index (χ3v) is 3.47. The number of benzene rings is 2. The van der Waals surface area contributed by atoms with E-state index in [4.69, 9.17) is 17.4 Å². The van der Waals surface area contributed by atoms with E-state index in [9.17, 15) is 9.18 Å². The van der Waals surface area contributed by atoms with E-state index in [1.54, 1.807) is 13.1 Å². The van der Waals surface area contributed by atoms with Crippen LogP contribution >= 0.6 is 11.6 Å². The Morgan fingerprint density at radius 3 is 2.67 bits per heavy atom. The first-order valence-corrected chi connectivity index (χ1v) is 6.66. The standard InChI is InChI=1S/C15H15ClFN3O/c1-20(9-10-5-2-3-7-12(10)16)15(21)11-6-4-8-13(17)14(11)19-18/h2-8,19H,9,18H2,1H3. The van der Waals surface area contributed by atoms with Crippen molar-refractivity contribution in [2.45, 2.75) is 6.54 Å². The predicted octanol–water partition coefficient (Wildman–Crippen LogP) is 3.04. The van der Waals surface area contributed by atoms with Crippen LogP contribution in [0.25, 0.3) is 0 Å². The van der Waals surface area contributed by atoms with Gasteiger partial charge >= 0.3 is 0 Å². The van der Waals surface area contributed by atoms with Crippen molar-refractivity contribution in [1.29, 1.82) is 0 Å². The molecule has 0 fully saturated rings. The third kappa shape index (κ3) is 3.32. The van der Waals surface area contributed by atoms with Crippen molar-refractivity contribution in [2.75, 3.05) is 12.5 Å². The largest absolute Gasteiger partial charge is 0.337 e. The first-order chi connectivity index (χ1) is 10.0. The molecule has 0 saturated heterocycles. The lowest BCUT2D eigenvalue weighted by molar-refractivity contribution is 0.0785. The lowest BCUT2D eigenvalue weighted by atomic mass is 10.1. The normalized spacial score (nSPS) is 10.3. The Kier molecular flexibility index (Phi) is 4.77. The van der Waals surface area contributed by atoms with Crippen molar-refractivity contribution < 1.29 is 9.18 Å². The van der Waals surface area contributed by atoms with Crippen molar-refractivity contribution >= 4 is 23.2 Å². The van der Waals surface area contributed by atoms with Gasteiger partial charge in [0.25, 0.3) is 5.91 Å². The van der Waals surface area contributed by atoms with Crippen molar-refractivity contribution in [3.05, 3.63) is 64.4 Å². The Balaban J connectivity index is 2.24. The van der Waals surface area contributed by atoms with Gasteiger partial charge in [-0.2, -0.15) is 0 Å². The summed E-state index contributed by atoms with van der Waals surface area (Å²) in [6, 6.07) is 11.5. The molecule has 2 aromatic carbocycles. The zero-order valence-electron chi connectivity index (χ0n) is 11.4. The van der Waals surface area contributed by atoms with Gasteiger partial charge in [0.1, 0.15) is 5.82 Å². The highest BCUT2D eigenvalue weighted by atomic mass is 35.5. The second-order valence-corrected chi connectivity index (χ2v) is 4.97. The molecule has 0 heterocycles. The Hall–Kier alpha value is -2.11. The highest BCUT2D eigenvalue weighted by Gasteiger charge is 2.18. The molecule has 0 atom stereocenters. The fraction of sp³-hybridized carbons (Fsp3) is 0.133. The Morgan fingerprint density at radius 1 is 1.29 bits per heavy atom. The average molecular weight is 308 g/mol. The maximum Gasteiger partial charge on any atom is 0.256 e. The van der Waals surface area contributed by atoms with Gasteiger partial charge in [0.15, 0.2) is 0 Å². The van der Waals surface area contributed by atoms with Crippen molar-refractivity contribution in [2.24, 2.45) is 5.84 Å². The number of hydrogen-bond acceptors (Lipinski definition) is 3. The minimum absolute atomic E-state index is 0.0199. The smallest absolute Gasteiger partial charge is 0.256 e. The second kappa shape index (κ2) is 6.56. The molecule has 0 radical (unpaired) electrons. The molecule has 2 aromatic rings. The molecule has 3 N–H and O–H groups in total. The van der Waals surface area contributed by atoms with Gasteiger partial charge in [-0.05, 0) is 23.8 Å². The number of hydrogen-bond donors (Lipinski definition) is 2. The summed E-state index contributed by atoms with van der Waals surface area (Å²) in [6.07, 6.45) is 0. The summed E-state index contributed by atoms with van der Waals surface area (Å²) in [5, 5.41) is 0.577. The number of nitrogens with zero attached hydrogens (tertiary/aromatic N) is 1. The van der Waals surface area contributed by atoms with Crippen LogP contribution in [0, 0.1) is 5.82 Å². The van der Waals surface area contributed by atoms with E-state index in [0.717, 1.165) is 5.56 Å². The molecular formula is C15H15ClFN3O. The highest BCUT2D eigenvalue weighted by Crippen LogP contribution is 2.22. The summed E-state index contributed by atoms with van der Waals surface area (Å²) >= 11 is 6.07. The van der Waals surface area contributed by atoms with Gasteiger partial charge in [0.05, 0.1) is 11.3 Å². The maximum atomic E-state index is 13.6. The molecule has 21 heavy (non-hydrogen) atoms. The number of anilines is 1. The molecule has 0 aliphatic carbocycles. The number of carbonyl (C=O) groups is 1. The highest BCUT2D eigenvalue weighted by molar-refractivity contribution is 6.31. The fourth-order valence-electron chi connectivity index (χ4n) is 2.01. The van der Waals surface area contributed by atoms with Gasteiger partial charge < -0.3 is 10.3 Å². The molecule has 4 nitrogen and oxygen atoms in total. The van der Waals surface area contributed by atoms with E-state index < -0.39 is 5.82 Å². The van der Waals surface area contributed by atoms with Crippen LogP contribution in [0.15, 0.2) is 42.5 Å². The molecule has 110 valence electrons. The molecule has 0 aromatic heterocycles. The number of nitrogen functional groups attached to an aromatic ring is 1. The molecule has 2 rings (SSSR count). The number of amides is 1. The van der Waals surface area contributed by atoms with Crippen LogP contribution in [-0.2, 0) is 6.54 Å². The van der Waals surface area contributed by atoms with Crippen LogP contribution in [0.3, 0.4) is 0 Å². The van der Waals surface area contributed by atoms with Gasteiger partial charge in [-0.3, -0.25) is 10.6 Å². The van der Waals surface area contributed by atoms with Crippen LogP contribution in [0.5, 0.6) is 0 Å². The summed E-state index contributed by atoms with van der Waals surface area (Å²) in [6.45, 7) is 0.318. The Labute approximate surface area is 127 Å². The molecule has 0 bridgehead atoms. The first kappa shape index (κ1) is 15.3. The molecule has 0 aliphatic heterocycles. The minimum atomic E-state index is -0.575. The zero-order chi connectivity index (χ0) is 15.4. The lowest BCUT2D eigenvalue weighted by Crippen LogP contribution is -2.28. The minimum Gasteiger partial charge on any atom is -0.337 e. The molecule has 0 spiro atoms. The number of nitrogens with two attached hydrogens (primary N) is 1. The van der Waals surface area contributed by atoms with E-state index in [1.165, 1.54) is 23.1 Å². The average Bonchev–Trinajstić information content (AvgIpc) is 2.48. The van der Waals surface area contributed by atoms with Crippen molar-refractivity contribution in [1.82, 2.24) is 4.90 Å². The zero-order valence-corrected chi connectivity index (χ0v) is 12.2. The number of carbonyl (C=O) groups excluding carboxylic acids is 1. The number of para-hydroxylation sites is 1. The van der Waals surface area contributed by atoms with Gasteiger partial charge in [-0.25, -0.2) is 4.39 Å². The molecule has 6 heteroatoms. The SMILES string of the molecule is CN(Cc1ccccc1Cl)C(=O)c1cccc(F)c1NN. The quantitative estimate of drug-likeness (QED) is 0.674. The lowest BCUT2D eigenvalue weighted by Gasteiger charge is -2.19. The van der Waals surface area contributed by atoms with Crippen LogP contribution in [-0.4, -0.2) is 17.9 Å². The van der Waals surface area contributed by atoms with Crippen molar-refractivity contribution in [3.8, 4) is 0 Å². The second-order valence-electron chi connectivity index (χ2n) is 4.56. The van der Waals surface area contributed by atoms with Gasteiger partial charge in [0, 0.05) is 18.6 Å². The van der Waals surface area contributed by atoms with E-state index in [2.05, 4.69) is 5.43 Å². The molecular weight excluding hydrogens is 293 g/mol. The summed E-state index contributed by atoms with van der Waals surface area (Å²) in [5.74, 6) is 4.36. The van der Waals surface area contributed by atoms with Crippen LogP contribution in [0.2, 0.25) is 5.02 Å². The Bertz CT molecular complexity index is 663. The fourth-order valence-corrected chi connectivity index (χ4v) is 2.20. The van der Waals surface area contributed by atoms with E-state index in [1.807, 2.05) is 18.2 Å². The predicted molar refractivity (Wildman–Crippen MR) is 81.5 cm³/mol. The summed E-state index contributed by atoms with van der Waals surface area (Å²) in [7, 11) is 1.62. The molecule has 1 amide bonds. The number of halogens is 2. The van der Waals surface area contributed by atoms with E-state index in [-0.39, 0.29) is 17.2 Å². The van der Waals surface area contributed by atoms with Crippen molar-refractivity contribution in [3.63, 3.8) is 0 Å². The number of rotatable bonds is 4.